The molecule has 0 saturated heterocycles. The van der Waals surface area contributed by atoms with Gasteiger partial charge in [-0.1, -0.05) is 19.3 Å². The van der Waals surface area contributed by atoms with E-state index in [2.05, 4.69) is 47.4 Å². The van der Waals surface area contributed by atoms with Crippen molar-refractivity contribution in [2.75, 3.05) is 92.5 Å². The molecule has 0 aromatic rings. The van der Waals surface area contributed by atoms with Crippen molar-refractivity contribution in [3.63, 3.8) is 0 Å². The molecule has 5 unspecified atom stereocenters. The van der Waals surface area contributed by atoms with Gasteiger partial charge >= 0.3 is 0 Å². The molecule has 0 spiro atoms. The Morgan fingerprint density at radius 1 is 0.362 bits per heavy atom. The zero-order valence-electron chi connectivity index (χ0n) is 28.4. The molecule has 5 atom stereocenters. The Bertz CT molecular complexity index is 516. The van der Waals surface area contributed by atoms with Gasteiger partial charge in [0.15, 0.2) is 0 Å². The molecular weight excluding hydrogens is 1130 g/mol. The number of ether oxygens (including phenoxy) is 8. The Balaban J connectivity index is -0.000000221. The zero-order chi connectivity index (χ0) is 34.4. The first-order chi connectivity index (χ1) is 21.7. The number of aliphatic hydroxyl groups is 7. The van der Waals surface area contributed by atoms with Crippen LogP contribution < -0.4 is 0 Å². The molecule has 0 radical (unpaired) electrons. The van der Waals surface area contributed by atoms with Crippen LogP contribution in [0, 0.1) is 28.4 Å². The molecule has 7 N–H and O–H groups in total. The summed E-state index contributed by atoms with van der Waals surface area (Å²) in [5, 5.41) is 62.9. The minimum atomic E-state index is -0.649. The van der Waals surface area contributed by atoms with Crippen LogP contribution in [0.5, 0.6) is 0 Å². The van der Waals surface area contributed by atoms with Gasteiger partial charge in [-0.25, -0.2) is 28.4 Å². The summed E-state index contributed by atoms with van der Waals surface area (Å²) in [5.74, 6) is 0. The van der Waals surface area contributed by atoms with Crippen LogP contribution in [0.15, 0.2) is 0 Å². The molecule has 0 aliphatic heterocycles. The standard InChI is InChI=1S/C18H36O7.2C6H13O4.2Rf/c1-22-13-17(20)8-11-24-10-6-4-3-5-7-16(19)15-25-12-9-18(21)14-23-2;2*1-9-4-6(8)5-10-3-2-7;;/h16-21H,1-15H2;2*6-8H,1-5H2;;/q-2;2*-1;;. The Kier molecular flexibility index (Phi) is 52.2. The fraction of sp³-hybridized carbons (Fsp3) is 0.867. The molecule has 280 valence electrons. The first-order valence-corrected chi connectivity index (χ1v) is 15.1. The summed E-state index contributed by atoms with van der Waals surface area (Å²) in [7, 11) is 12.6. The molecule has 17 heteroatoms. The fourth-order valence-corrected chi connectivity index (χ4v) is 3.16. The molecule has 47 heavy (non-hydrogen) atoms. The quantitative estimate of drug-likeness (QED) is 0.0353. The van der Waals surface area contributed by atoms with E-state index in [0.717, 1.165) is 25.7 Å². The average molecular weight is 1200 g/mol. The van der Waals surface area contributed by atoms with E-state index in [-0.39, 0.29) is 66.1 Å². The predicted octanol–water partition coefficient (Wildman–Crippen LogP) is -0.222. The molecule has 15 nitrogen and oxygen atoms in total. The van der Waals surface area contributed by atoms with Crippen LogP contribution in [0.3, 0.4) is 0 Å². The van der Waals surface area contributed by atoms with Gasteiger partial charge in [0.25, 0.3) is 0 Å². The number of unbranched alkanes of at least 4 members (excludes halogenated alkanes) is 3. The maximum Gasteiger partial charge on any atom is 0.0976 e. The Morgan fingerprint density at radius 2 is 0.702 bits per heavy atom. The molecule has 0 fully saturated rings. The van der Waals surface area contributed by atoms with Crippen LogP contribution in [-0.2, 0) is 37.9 Å². The van der Waals surface area contributed by atoms with Crippen LogP contribution in [0.4, 0.5) is 0 Å². The second-order valence-electron chi connectivity index (χ2n) is 9.82. The van der Waals surface area contributed by atoms with Gasteiger partial charge in [-0.05, 0) is 25.7 Å². The number of hydrogen-bond acceptors (Lipinski definition) is 15. The SMILES string of the molecule is [CH2-]OCC(O)CCOCCCCCCC(O)COCCC(O)CO[CH2-].[CH2-]OCC(O)COCCO.[CH2-]OCC(O)COCCO.[Rf].[Rf]. The van der Waals surface area contributed by atoms with Crippen LogP contribution in [0.25, 0.3) is 0 Å². The van der Waals surface area contributed by atoms with Crippen LogP contribution in [0.2, 0.25) is 0 Å². The van der Waals surface area contributed by atoms with E-state index in [1.807, 2.05) is 0 Å². The van der Waals surface area contributed by atoms with Crippen molar-refractivity contribution in [2.24, 2.45) is 0 Å². The van der Waals surface area contributed by atoms with Gasteiger partial charge in [0, 0.05) is 46.2 Å². The van der Waals surface area contributed by atoms with Crippen molar-refractivity contribution in [2.45, 2.75) is 75.5 Å². The maximum absolute atomic E-state index is 9.80. The third kappa shape index (κ3) is 50.4. The molecule has 0 amide bonds. The number of aliphatic hydroxyl groups excluding tert-OH is 7. The molecule has 0 aliphatic carbocycles. The zero-order valence-corrected chi connectivity index (χ0v) is 41.2. The van der Waals surface area contributed by atoms with E-state index in [4.69, 9.17) is 39.4 Å². The Hall–Kier alpha value is -2.60. The van der Waals surface area contributed by atoms with E-state index < -0.39 is 30.5 Å². The summed E-state index contributed by atoms with van der Waals surface area (Å²) < 4.78 is 38.3. The average Bonchev–Trinajstić information content (AvgIpc) is 3.00. The first-order valence-electron chi connectivity index (χ1n) is 15.1. The minimum absolute atomic E-state index is 0. The minimum Gasteiger partial charge on any atom is -0.553 e. The van der Waals surface area contributed by atoms with E-state index in [1.54, 1.807) is 0 Å². The summed E-state index contributed by atoms with van der Waals surface area (Å²) in [6.45, 7) is 3.43. The van der Waals surface area contributed by atoms with Gasteiger partial charge in [-0.15, -0.1) is 0 Å². The van der Waals surface area contributed by atoms with Crippen molar-refractivity contribution in [3.05, 3.63) is 28.4 Å². The second-order valence-corrected chi connectivity index (χ2v) is 9.82. The van der Waals surface area contributed by atoms with E-state index in [9.17, 15) is 15.3 Å². The molecule has 0 saturated carbocycles. The fourth-order valence-electron chi connectivity index (χ4n) is 3.16. The molecule has 0 aromatic heterocycles. The number of hydrogen-bond donors (Lipinski definition) is 7. The molecular formula is C30H62O15Rf2-4. The Labute approximate surface area is 270 Å². The van der Waals surface area contributed by atoms with Crippen molar-refractivity contribution in [1.82, 2.24) is 0 Å². The third-order valence-electron chi connectivity index (χ3n) is 5.41. The van der Waals surface area contributed by atoms with Gasteiger partial charge in [0.2, 0.25) is 0 Å². The number of rotatable bonds is 31. The van der Waals surface area contributed by atoms with E-state index >= 15 is 0 Å². The summed E-state index contributed by atoms with van der Waals surface area (Å²) in [5.41, 5.74) is 0. The largest absolute Gasteiger partial charge is 0.553 e. The normalized spacial score (nSPS) is 13.9. The monoisotopic (exact) mass is 1200 g/mol. The maximum atomic E-state index is 9.80. The summed E-state index contributed by atoms with van der Waals surface area (Å²) in [6.07, 6.45) is 2.91. The van der Waals surface area contributed by atoms with Crippen LogP contribution in [0.1, 0.15) is 44.9 Å². The summed E-state index contributed by atoms with van der Waals surface area (Å²) >= 11 is 0. The molecule has 0 bridgehead atoms. The van der Waals surface area contributed by atoms with Crippen molar-refractivity contribution >= 4 is 0 Å². The van der Waals surface area contributed by atoms with Gasteiger partial charge in [0.05, 0.1) is 76.8 Å². The van der Waals surface area contributed by atoms with Crippen molar-refractivity contribution in [3.8, 4) is 0 Å². The molecule has 0 rings (SSSR count). The topological polar surface area (TPSA) is 215 Å². The second kappa shape index (κ2) is 45.5. The molecule has 0 aromatic carbocycles. The Morgan fingerprint density at radius 3 is 1.13 bits per heavy atom. The molecule has 0 heterocycles. The van der Waals surface area contributed by atoms with Crippen LogP contribution >= 0.6 is 0 Å². The molecule has 0 aliphatic rings. The van der Waals surface area contributed by atoms with Gasteiger partial charge in [0.1, 0.15) is 0 Å². The van der Waals surface area contributed by atoms with Crippen LogP contribution in [-0.4, -0.2) is 159 Å². The van der Waals surface area contributed by atoms with Crippen molar-refractivity contribution < 1.29 is 73.6 Å². The third-order valence-corrected chi connectivity index (χ3v) is 5.41. The van der Waals surface area contributed by atoms with E-state index in [1.165, 1.54) is 0 Å². The smallest absolute Gasteiger partial charge is 0.0976 e. The first kappa shape index (κ1) is 53.9. The van der Waals surface area contributed by atoms with Gasteiger partial charge < -0.3 is 73.6 Å². The van der Waals surface area contributed by atoms with E-state index in [0.29, 0.717) is 45.7 Å². The summed E-state index contributed by atoms with van der Waals surface area (Å²) in [6, 6.07) is 0. The van der Waals surface area contributed by atoms with Gasteiger partial charge in [-0.3, -0.25) is 0 Å². The predicted molar refractivity (Wildman–Crippen MR) is 165 cm³/mol. The summed E-state index contributed by atoms with van der Waals surface area (Å²) in [4.78, 5) is 0. The van der Waals surface area contributed by atoms with Crippen molar-refractivity contribution in [1.29, 1.82) is 0 Å². The van der Waals surface area contributed by atoms with Gasteiger partial charge in [-0.2, -0.15) is 0 Å².